The third kappa shape index (κ3) is 4.52. The minimum absolute atomic E-state index is 0.00458. The van der Waals surface area contributed by atoms with Crippen LogP contribution in [0.2, 0.25) is 0 Å². The van der Waals surface area contributed by atoms with Gasteiger partial charge in [-0.3, -0.25) is 24.0 Å². The van der Waals surface area contributed by atoms with E-state index in [-0.39, 0.29) is 33.3 Å². The molecule has 3 aromatic rings. The standard InChI is InChI=1S/C18H14N2O10S2/c1-9-4-11(20(23)24)2-3-14(9)18(22)19-15-7-12(31(25,26)27)5-10-6-13(32(28,29)30)8-16(21)17(10)15/h2-8,21H,1H3,(H,19,22)(H,25,26,27)(H,28,29,30). The highest BCUT2D eigenvalue weighted by molar-refractivity contribution is 7.86. The summed E-state index contributed by atoms with van der Waals surface area (Å²) in [5, 5.41) is 23.1. The van der Waals surface area contributed by atoms with Gasteiger partial charge in [0.1, 0.15) is 5.75 Å². The van der Waals surface area contributed by atoms with Gasteiger partial charge in [0.25, 0.3) is 31.8 Å². The number of benzene rings is 3. The van der Waals surface area contributed by atoms with Crippen molar-refractivity contribution in [3.63, 3.8) is 0 Å². The van der Waals surface area contributed by atoms with Crippen LogP contribution in [0, 0.1) is 17.0 Å². The zero-order chi connectivity index (χ0) is 24.0. The van der Waals surface area contributed by atoms with Crippen molar-refractivity contribution < 1.29 is 40.8 Å². The largest absolute Gasteiger partial charge is 0.507 e. The van der Waals surface area contributed by atoms with Crippen LogP contribution in [0.5, 0.6) is 5.75 Å². The maximum Gasteiger partial charge on any atom is 0.294 e. The molecule has 3 aromatic carbocycles. The number of nitrogens with one attached hydrogen (secondary N) is 1. The molecular formula is C18H14N2O10S2. The molecule has 0 spiro atoms. The number of carbonyl (C=O) groups is 1. The number of phenols is 1. The van der Waals surface area contributed by atoms with Crippen molar-refractivity contribution in [1.29, 1.82) is 0 Å². The van der Waals surface area contributed by atoms with Gasteiger partial charge in [0.05, 0.1) is 20.4 Å². The van der Waals surface area contributed by atoms with Gasteiger partial charge in [0.15, 0.2) is 0 Å². The number of non-ortho nitro benzene ring substituents is 1. The zero-order valence-corrected chi connectivity index (χ0v) is 17.6. The second-order valence-corrected chi connectivity index (χ2v) is 9.52. The number of nitro benzene ring substituents is 1. The first-order valence-corrected chi connectivity index (χ1v) is 11.4. The fraction of sp³-hybridized carbons (Fsp3) is 0.0556. The average Bonchev–Trinajstić information content (AvgIpc) is 2.65. The number of hydrogen-bond acceptors (Lipinski definition) is 8. The van der Waals surface area contributed by atoms with E-state index in [0.717, 1.165) is 30.3 Å². The van der Waals surface area contributed by atoms with Crippen LogP contribution in [0.25, 0.3) is 10.8 Å². The molecule has 0 bridgehead atoms. The maximum atomic E-state index is 12.7. The van der Waals surface area contributed by atoms with Gasteiger partial charge < -0.3 is 10.4 Å². The van der Waals surface area contributed by atoms with E-state index in [2.05, 4.69) is 5.32 Å². The third-order valence-electron chi connectivity index (χ3n) is 4.48. The van der Waals surface area contributed by atoms with Crippen LogP contribution in [0.3, 0.4) is 0 Å². The predicted molar refractivity (Wildman–Crippen MR) is 111 cm³/mol. The number of aromatic hydroxyl groups is 1. The van der Waals surface area contributed by atoms with Crippen LogP contribution in [0.4, 0.5) is 11.4 Å². The summed E-state index contributed by atoms with van der Waals surface area (Å²) < 4.78 is 64.8. The first-order chi connectivity index (χ1) is 14.7. The third-order valence-corrected chi connectivity index (χ3v) is 6.15. The van der Waals surface area contributed by atoms with E-state index >= 15 is 0 Å². The molecule has 0 atom stereocenters. The van der Waals surface area contributed by atoms with E-state index < -0.39 is 46.6 Å². The summed E-state index contributed by atoms with van der Waals surface area (Å²) in [5.41, 5.74) is -0.342. The number of anilines is 1. The summed E-state index contributed by atoms with van der Waals surface area (Å²) >= 11 is 0. The summed E-state index contributed by atoms with van der Waals surface area (Å²) in [5.74, 6) is -1.54. The highest BCUT2D eigenvalue weighted by Crippen LogP contribution is 2.37. The van der Waals surface area contributed by atoms with E-state index in [1.54, 1.807) is 0 Å². The number of aryl methyl sites for hydroxylation is 1. The van der Waals surface area contributed by atoms with Crippen LogP contribution >= 0.6 is 0 Å². The Morgan fingerprint density at radius 3 is 2.03 bits per heavy atom. The quantitative estimate of drug-likeness (QED) is 0.238. The lowest BCUT2D eigenvalue weighted by Crippen LogP contribution is -2.14. The summed E-state index contributed by atoms with van der Waals surface area (Å²) in [6.45, 7) is 1.44. The monoisotopic (exact) mass is 482 g/mol. The Bertz CT molecular complexity index is 1510. The van der Waals surface area contributed by atoms with Crippen molar-refractivity contribution in [2.45, 2.75) is 16.7 Å². The molecule has 3 rings (SSSR count). The fourth-order valence-electron chi connectivity index (χ4n) is 3.04. The van der Waals surface area contributed by atoms with Gasteiger partial charge in [0.2, 0.25) is 0 Å². The summed E-state index contributed by atoms with van der Waals surface area (Å²) in [6.07, 6.45) is 0. The molecule has 0 unspecified atom stereocenters. The van der Waals surface area contributed by atoms with Gasteiger partial charge >= 0.3 is 0 Å². The van der Waals surface area contributed by atoms with E-state index in [1.807, 2.05) is 0 Å². The molecule has 168 valence electrons. The van der Waals surface area contributed by atoms with E-state index in [0.29, 0.717) is 6.07 Å². The minimum Gasteiger partial charge on any atom is -0.507 e. The number of carbonyl (C=O) groups excluding carboxylic acids is 1. The molecule has 4 N–H and O–H groups in total. The Labute approximate surface area is 180 Å². The van der Waals surface area contributed by atoms with Gasteiger partial charge in [-0.05, 0) is 42.1 Å². The lowest BCUT2D eigenvalue weighted by molar-refractivity contribution is -0.384. The summed E-state index contributed by atoms with van der Waals surface area (Å²) in [7, 11) is -9.60. The van der Waals surface area contributed by atoms with E-state index in [9.17, 15) is 46.0 Å². The van der Waals surface area contributed by atoms with Gasteiger partial charge in [-0.25, -0.2) is 0 Å². The number of nitro groups is 1. The number of amides is 1. The van der Waals surface area contributed by atoms with Crippen molar-refractivity contribution >= 4 is 48.3 Å². The number of hydrogen-bond donors (Lipinski definition) is 4. The normalized spacial score (nSPS) is 12.0. The first kappa shape index (κ1) is 23.1. The van der Waals surface area contributed by atoms with Crippen molar-refractivity contribution in [2.75, 3.05) is 5.32 Å². The Morgan fingerprint density at radius 2 is 1.53 bits per heavy atom. The SMILES string of the molecule is Cc1cc([N+](=O)[O-])ccc1C(=O)Nc1cc(S(=O)(=O)O)cc2cc(S(=O)(=O)O)cc(O)c12. The molecule has 32 heavy (non-hydrogen) atoms. The van der Waals surface area contributed by atoms with Crippen molar-refractivity contribution in [1.82, 2.24) is 0 Å². The van der Waals surface area contributed by atoms with E-state index in [4.69, 9.17) is 0 Å². The smallest absolute Gasteiger partial charge is 0.294 e. The highest BCUT2D eigenvalue weighted by atomic mass is 32.2. The minimum atomic E-state index is -4.82. The molecule has 0 heterocycles. The Hall–Kier alpha value is -3.59. The molecular weight excluding hydrogens is 468 g/mol. The Kier molecular flexibility index (Phi) is 5.65. The zero-order valence-electron chi connectivity index (χ0n) is 16.0. The average molecular weight is 482 g/mol. The molecule has 0 aliphatic carbocycles. The molecule has 0 saturated heterocycles. The molecule has 12 nitrogen and oxygen atoms in total. The number of nitrogens with zero attached hydrogens (tertiary/aromatic N) is 1. The topological polar surface area (TPSA) is 201 Å². The molecule has 0 saturated carbocycles. The van der Waals surface area contributed by atoms with Crippen molar-refractivity contribution in [2.24, 2.45) is 0 Å². The molecule has 0 aromatic heterocycles. The van der Waals surface area contributed by atoms with Crippen LogP contribution < -0.4 is 5.32 Å². The second kappa shape index (κ2) is 7.83. The number of phenolic OH excluding ortho intramolecular Hbond substituents is 1. The predicted octanol–water partition coefficient (Wildman–Crippen LogP) is 2.51. The van der Waals surface area contributed by atoms with Crippen molar-refractivity contribution in [3.05, 3.63) is 63.7 Å². The van der Waals surface area contributed by atoms with Gasteiger partial charge in [0, 0.05) is 29.1 Å². The van der Waals surface area contributed by atoms with Crippen LogP contribution in [0.1, 0.15) is 15.9 Å². The van der Waals surface area contributed by atoms with Crippen molar-refractivity contribution in [3.8, 4) is 5.75 Å². The summed E-state index contributed by atoms with van der Waals surface area (Å²) in [4.78, 5) is 21.5. The van der Waals surface area contributed by atoms with E-state index in [1.165, 1.54) is 13.0 Å². The van der Waals surface area contributed by atoms with Gasteiger partial charge in [-0.15, -0.1) is 0 Å². The summed E-state index contributed by atoms with van der Waals surface area (Å²) in [6, 6.07) is 6.62. The first-order valence-electron chi connectivity index (χ1n) is 8.50. The molecule has 1 amide bonds. The van der Waals surface area contributed by atoms with Crippen LogP contribution in [-0.4, -0.2) is 41.9 Å². The number of fused-ring (bicyclic) bond motifs is 1. The van der Waals surface area contributed by atoms with Crippen LogP contribution in [-0.2, 0) is 20.2 Å². The second-order valence-electron chi connectivity index (χ2n) is 6.67. The Balaban J connectivity index is 2.21. The number of rotatable bonds is 5. The van der Waals surface area contributed by atoms with Crippen LogP contribution in [0.15, 0.2) is 52.3 Å². The van der Waals surface area contributed by atoms with Gasteiger partial charge in [-0.2, -0.15) is 16.8 Å². The van der Waals surface area contributed by atoms with Gasteiger partial charge in [-0.1, -0.05) is 0 Å². The molecule has 14 heteroatoms. The highest BCUT2D eigenvalue weighted by Gasteiger charge is 2.21. The molecule has 0 aliphatic rings. The molecule has 0 aliphatic heterocycles. The lowest BCUT2D eigenvalue weighted by atomic mass is 10.1. The molecule has 0 fully saturated rings. The molecule has 0 radical (unpaired) electrons. The lowest BCUT2D eigenvalue weighted by Gasteiger charge is -2.14. The maximum absolute atomic E-state index is 12.7. The Morgan fingerprint density at radius 1 is 0.969 bits per heavy atom. The fourth-order valence-corrected chi connectivity index (χ4v) is 4.12.